The highest BCUT2D eigenvalue weighted by Crippen LogP contribution is 2.18. The molecule has 114 valence electrons. The maximum Gasteiger partial charge on any atom is 0.0544 e. The number of nitrogens with zero attached hydrogens (tertiary/aromatic N) is 2. The maximum atomic E-state index is 4.59. The van der Waals surface area contributed by atoms with Gasteiger partial charge in [0.15, 0.2) is 0 Å². The molecule has 1 aromatic rings. The highest BCUT2D eigenvalue weighted by Gasteiger charge is 2.21. The van der Waals surface area contributed by atoms with Gasteiger partial charge >= 0.3 is 0 Å². The minimum atomic E-state index is 0.143. The third kappa shape index (κ3) is 5.59. The van der Waals surface area contributed by atoms with Crippen molar-refractivity contribution < 1.29 is 0 Å². The second kappa shape index (κ2) is 6.68. The van der Waals surface area contributed by atoms with Gasteiger partial charge in [0.05, 0.1) is 5.69 Å². The van der Waals surface area contributed by atoms with Crippen LogP contribution in [0.4, 0.5) is 0 Å². The van der Waals surface area contributed by atoms with Gasteiger partial charge in [-0.1, -0.05) is 13.0 Å². The van der Waals surface area contributed by atoms with E-state index in [1.807, 2.05) is 6.20 Å². The molecule has 3 heteroatoms. The molecule has 0 unspecified atom stereocenters. The van der Waals surface area contributed by atoms with Crippen LogP contribution < -0.4 is 5.32 Å². The van der Waals surface area contributed by atoms with Crippen molar-refractivity contribution in [2.45, 2.75) is 72.1 Å². The molecule has 0 aliphatic carbocycles. The average molecular weight is 277 g/mol. The van der Waals surface area contributed by atoms with Crippen LogP contribution in [-0.4, -0.2) is 28.0 Å². The van der Waals surface area contributed by atoms with Gasteiger partial charge in [0.25, 0.3) is 0 Å². The predicted octanol–water partition coefficient (Wildman–Crippen LogP) is 3.59. The van der Waals surface area contributed by atoms with Gasteiger partial charge < -0.3 is 5.32 Å². The SMILES string of the molecule is CCC(C)(C)N(C)Cc1ccc(CNC(C)(C)C)cn1. The van der Waals surface area contributed by atoms with Gasteiger partial charge in [-0.3, -0.25) is 9.88 Å². The van der Waals surface area contributed by atoms with E-state index in [9.17, 15) is 0 Å². The fraction of sp³-hybridized carbons (Fsp3) is 0.706. The van der Waals surface area contributed by atoms with Crippen molar-refractivity contribution in [2.24, 2.45) is 0 Å². The third-order valence-corrected chi connectivity index (χ3v) is 4.01. The second-order valence-electron chi connectivity index (χ2n) is 7.28. The van der Waals surface area contributed by atoms with Gasteiger partial charge in [-0.25, -0.2) is 0 Å². The van der Waals surface area contributed by atoms with Crippen LogP contribution in [0.3, 0.4) is 0 Å². The van der Waals surface area contributed by atoms with Crippen LogP contribution in [0.25, 0.3) is 0 Å². The highest BCUT2D eigenvalue weighted by atomic mass is 15.2. The third-order valence-electron chi connectivity index (χ3n) is 4.01. The Morgan fingerprint density at radius 2 is 1.80 bits per heavy atom. The zero-order chi connectivity index (χ0) is 15.4. The molecule has 0 atom stereocenters. The Hall–Kier alpha value is -0.930. The van der Waals surface area contributed by atoms with Gasteiger partial charge in [0, 0.05) is 30.4 Å². The Kier molecular flexibility index (Phi) is 5.72. The van der Waals surface area contributed by atoms with Crippen LogP contribution in [0.2, 0.25) is 0 Å². The number of nitrogens with one attached hydrogen (secondary N) is 1. The first kappa shape index (κ1) is 17.1. The number of pyridine rings is 1. The van der Waals surface area contributed by atoms with E-state index < -0.39 is 0 Å². The fourth-order valence-corrected chi connectivity index (χ4v) is 1.75. The lowest BCUT2D eigenvalue weighted by Crippen LogP contribution is -2.40. The molecule has 0 spiro atoms. The summed E-state index contributed by atoms with van der Waals surface area (Å²) in [6, 6.07) is 4.32. The molecule has 1 aromatic heterocycles. The molecule has 1 N–H and O–H groups in total. The molecule has 0 amide bonds. The minimum absolute atomic E-state index is 0.143. The molecular formula is C17H31N3. The largest absolute Gasteiger partial charge is 0.308 e. The fourth-order valence-electron chi connectivity index (χ4n) is 1.75. The molecule has 0 bridgehead atoms. The topological polar surface area (TPSA) is 28.2 Å². The summed E-state index contributed by atoms with van der Waals surface area (Å²) in [4.78, 5) is 6.95. The van der Waals surface area contributed by atoms with Gasteiger partial charge in [-0.2, -0.15) is 0 Å². The predicted molar refractivity (Wildman–Crippen MR) is 86.7 cm³/mol. The summed E-state index contributed by atoms with van der Waals surface area (Å²) < 4.78 is 0. The van der Waals surface area contributed by atoms with Gasteiger partial charge in [-0.15, -0.1) is 0 Å². The zero-order valence-electron chi connectivity index (χ0n) is 14.2. The standard InChI is InChI=1S/C17H31N3/c1-8-17(5,6)20(7)13-15-10-9-14(11-18-15)12-19-16(2,3)4/h9-11,19H,8,12-13H2,1-7H3. The van der Waals surface area contributed by atoms with E-state index in [1.165, 1.54) is 5.56 Å². The van der Waals surface area contributed by atoms with Gasteiger partial charge in [-0.05, 0) is 59.7 Å². The summed E-state index contributed by atoms with van der Waals surface area (Å²) >= 11 is 0. The smallest absolute Gasteiger partial charge is 0.0544 e. The van der Waals surface area contributed by atoms with Gasteiger partial charge in [0.1, 0.15) is 0 Å². The monoisotopic (exact) mass is 277 g/mol. The van der Waals surface area contributed by atoms with Gasteiger partial charge in [0.2, 0.25) is 0 Å². The van der Waals surface area contributed by atoms with Crippen molar-refractivity contribution in [3.05, 3.63) is 29.6 Å². The van der Waals surface area contributed by atoms with Crippen LogP contribution in [0.5, 0.6) is 0 Å². The van der Waals surface area contributed by atoms with E-state index in [-0.39, 0.29) is 11.1 Å². The van der Waals surface area contributed by atoms with Crippen molar-refractivity contribution in [3.8, 4) is 0 Å². The summed E-state index contributed by atoms with van der Waals surface area (Å²) in [6.07, 6.45) is 3.12. The summed E-state index contributed by atoms with van der Waals surface area (Å²) in [5.41, 5.74) is 2.73. The van der Waals surface area contributed by atoms with Crippen molar-refractivity contribution >= 4 is 0 Å². The number of aromatic nitrogens is 1. The lowest BCUT2D eigenvalue weighted by Gasteiger charge is -2.34. The van der Waals surface area contributed by atoms with Crippen LogP contribution in [0.15, 0.2) is 18.3 Å². The minimum Gasteiger partial charge on any atom is -0.308 e. The molecular weight excluding hydrogens is 246 g/mol. The Labute approximate surface area is 124 Å². The summed E-state index contributed by atoms with van der Waals surface area (Å²) in [5.74, 6) is 0. The molecule has 20 heavy (non-hydrogen) atoms. The number of hydrogen-bond donors (Lipinski definition) is 1. The molecule has 3 nitrogen and oxygen atoms in total. The highest BCUT2D eigenvalue weighted by molar-refractivity contribution is 5.14. The van der Waals surface area contributed by atoms with Crippen LogP contribution in [-0.2, 0) is 13.1 Å². The lowest BCUT2D eigenvalue weighted by molar-refractivity contribution is 0.141. The van der Waals surface area contributed by atoms with Crippen molar-refractivity contribution in [1.29, 1.82) is 0 Å². The first-order chi connectivity index (χ1) is 9.14. The average Bonchev–Trinajstić information content (AvgIpc) is 2.37. The molecule has 0 aromatic carbocycles. The molecule has 0 aliphatic heterocycles. The van der Waals surface area contributed by atoms with Crippen LogP contribution >= 0.6 is 0 Å². The van der Waals surface area contributed by atoms with Crippen molar-refractivity contribution in [1.82, 2.24) is 15.2 Å². The van der Waals surface area contributed by atoms with Crippen molar-refractivity contribution in [2.75, 3.05) is 7.05 Å². The molecule has 0 saturated carbocycles. The Morgan fingerprint density at radius 3 is 2.25 bits per heavy atom. The van der Waals surface area contributed by atoms with Crippen molar-refractivity contribution in [3.63, 3.8) is 0 Å². The molecule has 1 heterocycles. The summed E-state index contributed by atoms with van der Waals surface area (Å²) in [6.45, 7) is 15.1. The van der Waals surface area contributed by atoms with E-state index >= 15 is 0 Å². The van der Waals surface area contributed by atoms with Crippen LogP contribution in [0.1, 0.15) is 59.2 Å². The zero-order valence-corrected chi connectivity index (χ0v) is 14.2. The number of hydrogen-bond acceptors (Lipinski definition) is 3. The van der Waals surface area contributed by atoms with E-state index in [0.29, 0.717) is 0 Å². The summed E-state index contributed by atoms with van der Waals surface area (Å²) in [7, 11) is 2.17. The molecule has 0 saturated heterocycles. The molecule has 0 radical (unpaired) electrons. The lowest BCUT2D eigenvalue weighted by atomic mass is 10.00. The van der Waals surface area contributed by atoms with E-state index in [0.717, 1.165) is 25.2 Å². The molecule has 1 rings (SSSR count). The maximum absolute atomic E-state index is 4.59. The second-order valence-corrected chi connectivity index (χ2v) is 7.28. The Bertz CT molecular complexity index is 401. The van der Waals surface area contributed by atoms with E-state index in [1.54, 1.807) is 0 Å². The molecule has 0 aliphatic rings. The first-order valence-corrected chi connectivity index (χ1v) is 7.54. The normalized spacial score (nSPS) is 13.0. The Balaban J connectivity index is 2.59. The van der Waals surface area contributed by atoms with E-state index in [4.69, 9.17) is 0 Å². The quantitative estimate of drug-likeness (QED) is 0.861. The summed E-state index contributed by atoms with van der Waals surface area (Å²) in [5, 5.41) is 3.48. The number of rotatable bonds is 6. The van der Waals surface area contributed by atoms with Crippen LogP contribution in [0, 0.1) is 0 Å². The first-order valence-electron chi connectivity index (χ1n) is 7.54. The Morgan fingerprint density at radius 1 is 1.15 bits per heavy atom. The molecule has 0 fully saturated rings. The van der Waals surface area contributed by atoms with E-state index in [2.05, 4.69) is 75.9 Å².